The summed E-state index contributed by atoms with van der Waals surface area (Å²) >= 11 is 0. The second-order valence-electron chi connectivity index (χ2n) is 7.57. The monoisotopic (exact) mass is 391 g/mol. The summed E-state index contributed by atoms with van der Waals surface area (Å²) in [6.45, 7) is 5.12. The molecule has 2 fully saturated rings. The van der Waals surface area contributed by atoms with E-state index in [1.54, 1.807) is 11.8 Å². The highest BCUT2D eigenvalue weighted by atomic mass is 19.1. The lowest BCUT2D eigenvalue weighted by molar-refractivity contribution is -0.0304. The van der Waals surface area contributed by atoms with Gasteiger partial charge in [0, 0.05) is 43.5 Å². The van der Waals surface area contributed by atoms with E-state index in [1.165, 1.54) is 12.3 Å². The quantitative estimate of drug-likeness (QED) is 0.790. The Hall–Kier alpha value is -2.32. The van der Waals surface area contributed by atoms with Gasteiger partial charge in [-0.25, -0.2) is 13.5 Å². The maximum atomic E-state index is 14.1. The van der Waals surface area contributed by atoms with Gasteiger partial charge in [0.2, 0.25) is 0 Å². The fourth-order valence-electron chi connectivity index (χ4n) is 3.92. The number of rotatable bonds is 2. The number of carbonyl (C=O) groups excluding carboxylic acids is 1. The topological polar surface area (TPSA) is 56.6 Å². The van der Waals surface area contributed by atoms with Crippen LogP contribution in [0.25, 0.3) is 5.69 Å². The Morgan fingerprint density at radius 3 is 2.57 bits per heavy atom. The van der Waals surface area contributed by atoms with E-state index in [-0.39, 0.29) is 22.7 Å². The number of halogens is 2. The Kier molecular flexibility index (Phi) is 5.16. The number of amides is 1. The molecule has 1 spiro atoms. The van der Waals surface area contributed by atoms with Gasteiger partial charge in [0.25, 0.3) is 5.91 Å². The van der Waals surface area contributed by atoms with Crippen molar-refractivity contribution < 1.29 is 23.0 Å². The predicted octanol–water partition coefficient (Wildman–Crippen LogP) is 2.73. The molecule has 0 saturated carbocycles. The number of para-hydroxylation sites is 1. The summed E-state index contributed by atoms with van der Waals surface area (Å²) < 4.78 is 40.5. The maximum absolute atomic E-state index is 14.1. The zero-order valence-corrected chi connectivity index (χ0v) is 15.8. The first kappa shape index (κ1) is 19.0. The third kappa shape index (κ3) is 3.54. The molecular formula is C20H23F2N3O3. The lowest BCUT2D eigenvalue weighted by Crippen LogP contribution is -2.45. The molecule has 0 unspecified atom stereocenters. The van der Waals surface area contributed by atoms with Crippen LogP contribution in [0.4, 0.5) is 8.78 Å². The smallest absolute Gasteiger partial charge is 0.274 e. The molecule has 2 aliphatic rings. The fourth-order valence-corrected chi connectivity index (χ4v) is 3.92. The lowest BCUT2D eigenvalue weighted by Gasteiger charge is -2.38. The van der Waals surface area contributed by atoms with Crippen LogP contribution in [-0.2, 0) is 9.47 Å². The largest absolute Gasteiger partial charge is 0.381 e. The molecule has 2 aliphatic heterocycles. The van der Waals surface area contributed by atoms with Crippen LogP contribution in [-0.4, -0.2) is 60.1 Å². The summed E-state index contributed by atoms with van der Waals surface area (Å²) in [6.07, 6.45) is 3.16. The molecule has 1 aromatic carbocycles. The van der Waals surface area contributed by atoms with Crippen molar-refractivity contribution in [3.8, 4) is 5.69 Å². The minimum Gasteiger partial charge on any atom is -0.381 e. The predicted molar refractivity (Wildman–Crippen MR) is 97.4 cm³/mol. The summed E-state index contributed by atoms with van der Waals surface area (Å²) in [6, 6.07) is 3.62. The first-order chi connectivity index (χ1) is 13.5. The van der Waals surface area contributed by atoms with Crippen molar-refractivity contribution in [2.75, 3.05) is 39.5 Å². The van der Waals surface area contributed by atoms with E-state index >= 15 is 0 Å². The fraction of sp³-hybridized carbons (Fsp3) is 0.500. The van der Waals surface area contributed by atoms with Crippen LogP contribution < -0.4 is 0 Å². The number of aryl methyl sites for hydroxylation is 1. The second-order valence-corrected chi connectivity index (χ2v) is 7.57. The molecule has 150 valence electrons. The summed E-state index contributed by atoms with van der Waals surface area (Å²) in [5.74, 6) is -1.71. The number of aromatic nitrogens is 2. The Morgan fingerprint density at radius 1 is 1.14 bits per heavy atom. The van der Waals surface area contributed by atoms with Gasteiger partial charge in [-0.3, -0.25) is 4.79 Å². The average molecular weight is 391 g/mol. The van der Waals surface area contributed by atoms with Gasteiger partial charge in [-0.15, -0.1) is 0 Å². The molecule has 1 amide bonds. The van der Waals surface area contributed by atoms with E-state index < -0.39 is 11.6 Å². The molecule has 3 heterocycles. The number of benzene rings is 1. The van der Waals surface area contributed by atoms with Crippen molar-refractivity contribution in [1.29, 1.82) is 0 Å². The number of nitrogens with zero attached hydrogens (tertiary/aromatic N) is 3. The van der Waals surface area contributed by atoms with Crippen LogP contribution in [0.1, 0.15) is 28.9 Å². The number of carbonyl (C=O) groups is 1. The van der Waals surface area contributed by atoms with E-state index in [1.807, 2.05) is 0 Å². The van der Waals surface area contributed by atoms with Crippen LogP contribution >= 0.6 is 0 Å². The van der Waals surface area contributed by atoms with Crippen molar-refractivity contribution in [3.05, 3.63) is 47.3 Å². The van der Waals surface area contributed by atoms with Gasteiger partial charge < -0.3 is 14.4 Å². The third-order valence-corrected chi connectivity index (χ3v) is 5.55. The standard InChI is InChI=1S/C20H23F2N3O3/c1-14-11-25(18-15(21)3-2-4-16(18)22)23-17(14)19(26)24-7-10-28-13-20(12-24)5-8-27-9-6-20/h2-4,11H,5-10,12-13H2,1H3. The molecule has 8 heteroatoms. The number of ether oxygens (including phenoxy) is 2. The summed E-state index contributed by atoms with van der Waals surface area (Å²) in [5.41, 5.74) is 0.369. The highest BCUT2D eigenvalue weighted by Gasteiger charge is 2.38. The molecule has 1 aromatic heterocycles. The molecule has 28 heavy (non-hydrogen) atoms. The molecule has 0 bridgehead atoms. The van der Waals surface area contributed by atoms with Crippen LogP contribution in [0, 0.1) is 24.0 Å². The Balaban J connectivity index is 1.62. The van der Waals surface area contributed by atoms with Crippen LogP contribution in [0.3, 0.4) is 0 Å². The van der Waals surface area contributed by atoms with Gasteiger partial charge in [-0.05, 0) is 31.9 Å². The Labute approximate surface area is 162 Å². The molecule has 0 aliphatic carbocycles. The maximum Gasteiger partial charge on any atom is 0.274 e. The van der Waals surface area contributed by atoms with Gasteiger partial charge >= 0.3 is 0 Å². The lowest BCUT2D eigenvalue weighted by atomic mass is 9.80. The van der Waals surface area contributed by atoms with Crippen molar-refractivity contribution >= 4 is 5.91 Å². The summed E-state index contributed by atoms with van der Waals surface area (Å²) in [4.78, 5) is 14.9. The zero-order valence-electron chi connectivity index (χ0n) is 15.8. The molecule has 4 rings (SSSR count). The third-order valence-electron chi connectivity index (χ3n) is 5.55. The highest BCUT2D eigenvalue weighted by Crippen LogP contribution is 2.34. The van der Waals surface area contributed by atoms with Gasteiger partial charge in [-0.2, -0.15) is 5.10 Å². The van der Waals surface area contributed by atoms with Crippen molar-refractivity contribution in [2.24, 2.45) is 5.41 Å². The highest BCUT2D eigenvalue weighted by molar-refractivity contribution is 5.93. The number of hydrogen-bond acceptors (Lipinski definition) is 4. The average Bonchev–Trinajstić information content (AvgIpc) is 2.93. The van der Waals surface area contributed by atoms with Gasteiger partial charge in [0.1, 0.15) is 5.69 Å². The van der Waals surface area contributed by atoms with Gasteiger partial charge in [0.15, 0.2) is 17.3 Å². The normalized spacial score (nSPS) is 19.6. The first-order valence-electron chi connectivity index (χ1n) is 9.45. The second kappa shape index (κ2) is 7.60. The minimum absolute atomic E-state index is 0.113. The number of hydrogen-bond donors (Lipinski definition) is 0. The van der Waals surface area contributed by atoms with Crippen molar-refractivity contribution in [3.63, 3.8) is 0 Å². The Bertz CT molecular complexity index is 857. The molecule has 2 saturated heterocycles. The molecular weight excluding hydrogens is 368 g/mol. The van der Waals surface area contributed by atoms with Crippen LogP contribution in [0.5, 0.6) is 0 Å². The summed E-state index contributed by atoms with van der Waals surface area (Å²) in [7, 11) is 0. The van der Waals surface area contributed by atoms with Crippen LogP contribution in [0.15, 0.2) is 24.4 Å². The molecule has 6 nitrogen and oxygen atoms in total. The van der Waals surface area contributed by atoms with Gasteiger partial charge in [0.05, 0.1) is 13.2 Å². The zero-order chi connectivity index (χ0) is 19.7. The summed E-state index contributed by atoms with van der Waals surface area (Å²) in [5, 5.41) is 4.22. The minimum atomic E-state index is -0.731. The van der Waals surface area contributed by atoms with Crippen molar-refractivity contribution in [2.45, 2.75) is 19.8 Å². The SMILES string of the molecule is Cc1cn(-c2c(F)cccc2F)nc1C(=O)N1CCOCC2(CCOCC2)C1. The first-order valence-corrected chi connectivity index (χ1v) is 9.45. The molecule has 0 radical (unpaired) electrons. The van der Waals surface area contributed by atoms with Crippen LogP contribution in [0.2, 0.25) is 0 Å². The van der Waals surface area contributed by atoms with Gasteiger partial charge in [-0.1, -0.05) is 6.07 Å². The Morgan fingerprint density at radius 2 is 1.86 bits per heavy atom. The van der Waals surface area contributed by atoms with E-state index in [0.29, 0.717) is 45.1 Å². The van der Waals surface area contributed by atoms with E-state index in [2.05, 4.69) is 5.10 Å². The van der Waals surface area contributed by atoms with Crippen molar-refractivity contribution in [1.82, 2.24) is 14.7 Å². The van der Waals surface area contributed by atoms with E-state index in [4.69, 9.17) is 9.47 Å². The molecule has 0 atom stereocenters. The molecule has 0 N–H and O–H groups in total. The van der Waals surface area contributed by atoms with E-state index in [0.717, 1.165) is 29.7 Å². The van der Waals surface area contributed by atoms with E-state index in [9.17, 15) is 13.6 Å². The molecule has 2 aromatic rings.